The third-order valence-electron chi connectivity index (χ3n) is 10.1. The zero-order valence-corrected chi connectivity index (χ0v) is 31.7. The molecule has 5 amide bonds. The molecule has 0 aliphatic carbocycles. The molecule has 2 saturated heterocycles. The first-order valence-electron chi connectivity index (χ1n) is 19.1. The largest absolute Gasteiger partial charge is 0.369 e. The highest BCUT2D eigenvalue weighted by Gasteiger charge is 2.44. The number of H-pyrrole nitrogens is 1. The number of piperazine rings is 1. The smallest absolute Gasteiger partial charge is 0.262 e. The number of hydrogen-bond donors (Lipinski definition) is 4. The summed E-state index contributed by atoms with van der Waals surface area (Å²) in [7, 11) is 0. The fourth-order valence-electron chi connectivity index (χ4n) is 7.20. The molecule has 2 aromatic carbocycles. The van der Waals surface area contributed by atoms with Gasteiger partial charge < -0.3 is 20.5 Å². The second-order valence-electron chi connectivity index (χ2n) is 13.6. The number of aromatic amines is 1. The molecule has 6 heterocycles. The van der Waals surface area contributed by atoms with E-state index in [1.54, 1.807) is 24.3 Å². The summed E-state index contributed by atoms with van der Waals surface area (Å²) in [5.41, 5.74) is 5.03. The van der Waals surface area contributed by atoms with Gasteiger partial charge in [0.2, 0.25) is 17.8 Å². The number of amides is 5. The Balaban J connectivity index is 0.00000237. The number of carbonyl (C=O) groups excluding carboxylic acids is 5. The Hall–Kier alpha value is -6.42. The highest BCUT2D eigenvalue weighted by Crippen LogP contribution is 2.31. The van der Waals surface area contributed by atoms with Gasteiger partial charge >= 0.3 is 0 Å². The van der Waals surface area contributed by atoms with E-state index in [9.17, 15) is 24.0 Å². The van der Waals surface area contributed by atoms with Crippen LogP contribution in [0.15, 0.2) is 67.1 Å². The van der Waals surface area contributed by atoms with E-state index < -0.39 is 29.7 Å². The van der Waals surface area contributed by atoms with E-state index in [4.69, 9.17) is 4.98 Å². The molecule has 3 aliphatic heterocycles. The standard InChI is InChI=1S/C38H39N11O5.C2H6/c1-2-14-48-22-24(21-41-48)32-28-11-12-39-33(28)45-38(44-32)42-25-5-3-23(4-6-25)34(51)40-13-15-46-16-18-47(19-17-46)26-7-8-27-29(20-26)37(54)49(36(27)53)30-9-10-31(50)43-35(30)52;1-2/h3-8,11-12,20-22,30H,2,9-10,13-19H2,1H3,(H,40,51)(H,43,50,52)(H2,39,42,44,45);1-2H3. The van der Waals surface area contributed by atoms with E-state index in [1.165, 1.54) is 0 Å². The Labute approximate surface area is 323 Å². The van der Waals surface area contributed by atoms with Crippen LogP contribution in [0, 0.1) is 0 Å². The summed E-state index contributed by atoms with van der Waals surface area (Å²) in [5.74, 6) is -1.81. The van der Waals surface area contributed by atoms with Crippen molar-refractivity contribution in [2.75, 3.05) is 49.5 Å². The monoisotopic (exact) mass is 759 g/mol. The number of anilines is 3. The van der Waals surface area contributed by atoms with E-state index in [-0.39, 0.29) is 29.9 Å². The first kappa shape index (κ1) is 37.9. The molecule has 0 spiro atoms. The average Bonchev–Trinajstić information content (AvgIpc) is 3.95. The topological polar surface area (TPSA) is 191 Å². The summed E-state index contributed by atoms with van der Waals surface area (Å²) in [6.45, 7) is 11.0. The van der Waals surface area contributed by atoms with Crippen molar-refractivity contribution in [2.45, 2.75) is 52.6 Å². The fourth-order valence-corrected chi connectivity index (χ4v) is 7.20. The minimum atomic E-state index is -0.993. The van der Waals surface area contributed by atoms with Crippen LogP contribution < -0.4 is 20.9 Å². The lowest BCUT2D eigenvalue weighted by Gasteiger charge is -2.36. The van der Waals surface area contributed by atoms with Gasteiger partial charge in [0.15, 0.2) is 0 Å². The predicted molar refractivity (Wildman–Crippen MR) is 211 cm³/mol. The van der Waals surface area contributed by atoms with Gasteiger partial charge in [-0.1, -0.05) is 20.8 Å². The average molecular weight is 760 g/mol. The highest BCUT2D eigenvalue weighted by atomic mass is 16.2. The first-order chi connectivity index (χ1) is 27.2. The maximum absolute atomic E-state index is 13.3. The van der Waals surface area contributed by atoms with Crippen molar-refractivity contribution in [2.24, 2.45) is 0 Å². The summed E-state index contributed by atoms with van der Waals surface area (Å²) >= 11 is 0. The lowest BCUT2D eigenvalue weighted by Crippen LogP contribution is -2.54. The van der Waals surface area contributed by atoms with Gasteiger partial charge in [0.1, 0.15) is 11.7 Å². The molecule has 1 atom stereocenters. The molecule has 3 aromatic heterocycles. The molecule has 16 nitrogen and oxygen atoms in total. The van der Waals surface area contributed by atoms with Crippen LogP contribution in [-0.2, 0) is 16.1 Å². The van der Waals surface area contributed by atoms with Crippen molar-refractivity contribution in [3.05, 3.63) is 83.8 Å². The van der Waals surface area contributed by atoms with E-state index >= 15 is 0 Å². The van der Waals surface area contributed by atoms with Gasteiger partial charge in [-0.05, 0) is 61.4 Å². The van der Waals surface area contributed by atoms with Crippen LogP contribution in [0.4, 0.5) is 17.3 Å². The number of piperidine rings is 1. The van der Waals surface area contributed by atoms with Crippen LogP contribution in [0.1, 0.15) is 71.1 Å². The van der Waals surface area contributed by atoms with Crippen LogP contribution >= 0.6 is 0 Å². The van der Waals surface area contributed by atoms with Crippen LogP contribution in [0.25, 0.3) is 22.3 Å². The number of imide groups is 2. The first-order valence-corrected chi connectivity index (χ1v) is 19.1. The second kappa shape index (κ2) is 16.5. The molecule has 8 rings (SSSR count). The number of aromatic nitrogens is 5. The number of rotatable bonds is 11. The number of carbonyl (C=O) groups is 5. The molecule has 5 aromatic rings. The summed E-state index contributed by atoms with van der Waals surface area (Å²) in [4.78, 5) is 81.2. The molecule has 16 heteroatoms. The van der Waals surface area contributed by atoms with Gasteiger partial charge in [0, 0.05) is 92.5 Å². The van der Waals surface area contributed by atoms with Gasteiger partial charge in [0.25, 0.3) is 17.7 Å². The van der Waals surface area contributed by atoms with Crippen molar-refractivity contribution in [3.63, 3.8) is 0 Å². The van der Waals surface area contributed by atoms with Crippen molar-refractivity contribution in [1.82, 2.24) is 45.2 Å². The van der Waals surface area contributed by atoms with Gasteiger partial charge in [-0.2, -0.15) is 10.1 Å². The number of aryl methyl sites for hydroxylation is 1. The Morgan fingerprint density at radius 2 is 1.68 bits per heavy atom. The molecular weight excluding hydrogens is 715 g/mol. The number of benzene rings is 2. The van der Waals surface area contributed by atoms with E-state index in [2.05, 4.69) is 47.7 Å². The SMILES string of the molecule is CC.CCCn1cc(-c2nc(Nc3ccc(C(=O)NCCN4CCN(c5ccc6c(c5)C(=O)N(C5CCC(=O)NC5=O)C6=O)CC4)cc3)nc3[nH]ccc23)cn1. The molecule has 4 N–H and O–H groups in total. The van der Waals surface area contributed by atoms with Crippen LogP contribution in [0.2, 0.25) is 0 Å². The summed E-state index contributed by atoms with van der Waals surface area (Å²) in [6, 6.07) is 13.3. The van der Waals surface area contributed by atoms with Crippen molar-refractivity contribution in [3.8, 4) is 11.3 Å². The van der Waals surface area contributed by atoms with Crippen molar-refractivity contribution >= 4 is 57.9 Å². The summed E-state index contributed by atoms with van der Waals surface area (Å²) < 4.78 is 1.91. The third-order valence-corrected chi connectivity index (χ3v) is 10.1. The summed E-state index contributed by atoms with van der Waals surface area (Å²) in [5, 5.41) is 13.9. The lowest BCUT2D eigenvalue weighted by molar-refractivity contribution is -0.136. The molecule has 290 valence electrons. The van der Waals surface area contributed by atoms with Gasteiger partial charge in [-0.15, -0.1) is 0 Å². The normalized spacial score (nSPS) is 17.1. The van der Waals surface area contributed by atoms with Gasteiger partial charge in [-0.25, -0.2) is 4.98 Å². The number of nitrogens with one attached hydrogen (secondary N) is 4. The molecule has 56 heavy (non-hydrogen) atoms. The number of hydrogen-bond acceptors (Lipinski definition) is 11. The molecule has 0 radical (unpaired) electrons. The van der Waals surface area contributed by atoms with Crippen LogP contribution in [0.3, 0.4) is 0 Å². The fraction of sp³-hybridized carbons (Fsp3) is 0.350. The maximum atomic E-state index is 13.3. The number of fused-ring (bicyclic) bond motifs is 2. The predicted octanol–water partition coefficient (Wildman–Crippen LogP) is 3.95. The van der Waals surface area contributed by atoms with E-state index in [0.717, 1.165) is 59.0 Å². The quantitative estimate of drug-likeness (QED) is 0.143. The van der Waals surface area contributed by atoms with Crippen LogP contribution in [0.5, 0.6) is 0 Å². The molecule has 0 saturated carbocycles. The molecule has 1 unspecified atom stereocenters. The lowest BCUT2D eigenvalue weighted by atomic mass is 10.0. The van der Waals surface area contributed by atoms with Gasteiger partial charge in [0.05, 0.1) is 23.0 Å². The summed E-state index contributed by atoms with van der Waals surface area (Å²) in [6.07, 6.45) is 6.81. The molecular formula is C40H45N11O5. The Morgan fingerprint density at radius 3 is 2.43 bits per heavy atom. The van der Waals surface area contributed by atoms with Crippen molar-refractivity contribution < 1.29 is 24.0 Å². The molecule has 3 aliphatic rings. The zero-order chi connectivity index (χ0) is 39.3. The molecule has 2 fully saturated rings. The van der Waals surface area contributed by atoms with E-state index in [0.29, 0.717) is 43.3 Å². The van der Waals surface area contributed by atoms with Crippen molar-refractivity contribution in [1.29, 1.82) is 0 Å². The minimum absolute atomic E-state index is 0.0761. The number of nitrogens with zero attached hydrogens (tertiary/aromatic N) is 7. The van der Waals surface area contributed by atoms with E-state index in [1.807, 2.05) is 61.4 Å². The minimum Gasteiger partial charge on any atom is -0.369 e. The third kappa shape index (κ3) is 7.73. The maximum Gasteiger partial charge on any atom is 0.262 e. The van der Waals surface area contributed by atoms with Crippen LogP contribution in [-0.4, -0.2) is 109 Å². The Morgan fingerprint density at radius 1 is 0.911 bits per heavy atom. The Kier molecular flexibility index (Phi) is 11.2. The molecule has 0 bridgehead atoms. The van der Waals surface area contributed by atoms with Gasteiger partial charge in [-0.3, -0.25) is 43.8 Å². The zero-order valence-electron chi connectivity index (χ0n) is 31.7. The second-order valence-corrected chi connectivity index (χ2v) is 13.6. The highest BCUT2D eigenvalue weighted by molar-refractivity contribution is 6.23. The Bertz CT molecular complexity index is 2270.